The molecule has 2 atom stereocenters. The summed E-state index contributed by atoms with van der Waals surface area (Å²) in [5.74, 6) is -1.79. The molecule has 2 spiro atoms. The number of hydrogen-bond acceptors (Lipinski definition) is 6. The second-order valence-corrected chi connectivity index (χ2v) is 16.9. The summed E-state index contributed by atoms with van der Waals surface area (Å²) in [4.78, 5) is 45.3. The Bertz CT molecular complexity index is 2340. The van der Waals surface area contributed by atoms with Crippen LogP contribution in [0.4, 0.5) is 17.6 Å². The van der Waals surface area contributed by atoms with E-state index >= 15 is 0 Å². The zero-order valence-corrected chi connectivity index (χ0v) is 35.0. The number of rotatable bonds is 9. The Morgan fingerprint density at radius 3 is 1.41 bits per heavy atom. The van der Waals surface area contributed by atoms with Crippen LogP contribution in [-0.4, -0.2) is 82.0 Å². The summed E-state index contributed by atoms with van der Waals surface area (Å²) in [5, 5.41) is 10.7. The van der Waals surface area contributed by atoms with Crippen LogP contribution < -0.4 is 16.0 Å². The van der Waals surface area contributed by atoms with Gasteiger partial charge in [0.15, 0.2) is 0 Å². The topological polar surface area (TPSA) is 97.0 Å². The third-order valence-corrected chi connectivity index (χ3v) is 12.8. The molecule has 3 N–H and O–H groups in total. The van der Waals surface area contributed by atoms with Gasteiger partial charge in [0.25, 0.3) is 5.91 Å². The fourth-order valence-electron chi connectivity index (χ4n) is 9.50. The van der Waals surface area contributed by atoms with Gasteiger partial charge in [-0.3, -0.25) is 25.0 Å². The van der Waals surface area contributed by atoms with E-state index in [0.717, 1.165) is 49.5 Å². The van der Waals surface area contributed by atoms with E-state index in [2.05, 4.69) is 45.1 Å². The molecule has 4 aliphatic rings. The van der Waals surface area contributed by atoms with E-state index < -0.39 is 35.2 Å². The molecule has 9 nitrogen and oxygen atoms in total. The first kappa shape index (κ1) is 43.7. The highest BCUT2D eigenvalue weighted by atomic mass is 19.4. The van der Waals surface area contributed by atoms with E-state index in [-0.39, 0.29) is 42.2 Å². The molecule has 0 saturated carbocycles. The number of hydrogen-bond donors (Lipinski definition) is 3. The predicted molar refractivity (Wildman–Crippen MR) is 232 cm³/mol. The zero-order valence-electron chi connectivity index (χ0n) is 35.0. The van der Waals surface area contributed by atoms with E-state index in [0.29, 0.717) is 44.5 Å². The van der Waals surface area contributed by atoms with Gasteiger partial charge in [0.1, 0.15) is 5.82 Å². The third-order valence-electron chi connectivity index (χ3n) is 12.8. The van der Waals surface area contributed by atoms with Gasteiger partial charge >= 0.3 is 6.18 Å². The van der Waals surface area contributed by atoms with Gasteiger partial charge in [-0.25, -0.2) is 4.39 Å². The van der Waals surface area contributed by atoms with Crippen LogP contribution in [0.25, 0.3) is 0 Å². The fourth-order valence-corrected chi connectivity index (χ4v) is 9.50. The van der Waals surface area contributed by atoms with E-state index in [9.17, 15) is 31.9 Å². The summed E-state index contributed by atoms with van der Waals surface area (Å²) < 4.78 is 52.9. The molecule has 0 aliphatic carbocycles. The van der Waals surface area contributed by atoms with Crippen molar-refractivity contribution in [1.29, 1.82) is 0 Å². The lowest BCUT2D eigenvalue weighted by Crippen LogP contribution is -2.59. The van der Waals surface area contributed by atoms with Gasteiger partial charge < -0.3 is 20.0 Å². The summed E-state index contributed by atoms with van der Waals surface area (Å²) in [6.45, 7) is 3.53. The molecule has 5 aromatic carbocycles. The van der Waals surface area contributed by atoms with E-state index in [4.69, 9.17) is 0 Å². The largest absolute Gasteiger partial charge is 0.419 e. The van der Waals surface area contributed by atoms with Gasteiger partial charge in [0, 0.05) is 44.6 Å². The maximum atomic E-state index is 14.1. The number of benzene rings is 5. The van der Waals surface area contributed by atoms with Crippen molar-refractivity contribution in [2.75, 3.05) is 26.2 Å². The van der Waals surface area contributed by atoms with Crippen LogP contribution in [0.1, 0.15) is 63.9 Å². The Balaban J connectivity index is 0.000000188. The van der Waals surface area contributed by atoms with Crippen LogP contribution in [0, 0.1) is 5.82 Å². The molecule has 0 unspecified atom stereocenters. The minimum absolute atomic E-state index is 0.0118. The highest BCUT2D eigenvalue weighted by Crippen LogP contribution is 2.37. The number of amides is 3. The number of piperidine rings is 2. The molecule has 4 heterocycles. The molecule has 5 aromatic rings. The van der Waals surface area contributed by atoms with Crippen LogP contribution in [0.2, 0.25) is 0 Å². The third kappa shape index (κ3) is 9.86. The Morgan fingerprint density at radius 1 is 0.587 bits per heavy atom. The first-order valence-corrected chi connectivity index (χ1v) is 21.6. The molecule has 4 saturated heterocycles. The van der Waals surface area contributed by atoms with Crippen LogP contribution in [0.3, 0.4) is 0 Å². The van der Waals surface area contributed by atoms with Gasteiger partial charge in [-0.1, -0.05) is 121 Å². The average molecular weight is 861 g/mol. The smallest absolute Gasteiger partial charge is 0.338 e. The quantitative estimate of drug-likeness (QED) is 0.135. The minimum atomic E-state index is -4.83. The predicted octanol–water partition coefficient (Wildman–Crippen LogP) is 7.33. The summed E-state index contributed by atoms with van der Waals surface area (Å²) in [7, 11) is 0. The zero-order chi connectivity index (χ0) is 44.0. The van der Waals surface area contributed by atoms with Crippen molar-refractivity contribution in [2.45, 2.75) is 81.2 Å². The molecular weight excluding hydrogens is 809 g/mol. The Morgan fingerprint density at radius 2 is 1.00 bits per heavy atom. The first-order chi connectivity index (χ1) is 30.4. The Kier molecular flexibility index (Phi) is 13.1. The minimum Gasteiger partial charge on any atom is -0.338 e. The average Bonchev–Trinajstić information content (AvgIpc) is 3.68. The highest BCUT2D eigenvalue weighted by molar-refractivity contribution is 5.94. The number of nitrogens with one attached hydrogen (secondary N) is 3. The Labute approximate surface area is 365 Å². The van der Waals surface area contributed by atoms with Crippen molar-refractivity contribution in [3.8, 4) is 0 Å². The van der Waals surface area contributed by atoms with Crippen LogP contribution >= 0.6 is 0 Å². The molecule has 13 heteroatoms. The maximum absolute atomic E-state index is 14.1. The van der Waals surface area contributed by atoms with Crippen molar-refractivity contribution in [1.82, 2.24) is 30.7 Å². The number of likely N-dealkylation sites (tertiary alicyclic amines) is 1. The molecule has 63 heavy (non-hydrogen) atoms. The monoisotopic (exact) mass is 860 g/mol. The molecule has 3 amide bonds. The lowest BCUT2D eigenvalue weighted by molar-refractivity contribution is -0.140. The normalized spacial score (nSPS) is 20.5. The summed E-state index contributed by atoms with van der Waals surface area (Å²) in [6, 6.07) is 41.7. The van der Waals surface area contributed by atoms with Crippen LogP contribution in [0.5, 0.6) is 0 Å². The second kappa shape index (κ2) is 18.8. The molecule has 0 radical (unpaired) electrons. The van der Waals surface area contributed by atoms with Gasteiger partial charge in [0.2, 0.25) is 11.8 Å². The summed E-state index contributed by atoms with van der Waals surface area (Å²) in [6.07, 6.45) is -0.770. The summed E-state index contributed by atoms with van der Waals surface area (Å²) in [5.41, 5.74) is 2.00. The molecule has 328 valence electrons. The lowest BCUT2D eigenvalue weighted by atomic mass is 9.94. The van der Waals surface area contributed by atoms with E-state index in [1.165, 1.54) is 16.0 Å². The molecule has 9 rings (SSSR count). The fraction of sp³-hybridized carbons (Fsp3) is 0.340. The summed E-state index contributed by atoms with van der Waals surface area (Å²) >= 11 is 0. The SMILES string of the molecule is O=C(c1ccc(C(F)(F)F)c(F)c1)N1CCC2(CC1)N[C@@H](Cc1ccccc1)C(=O)N2Cc1ccccc1.O=C1[C@H](Cc2ccccc2)NC2(CCNCC2)N1Cc1ccccc1. The molecule has 0 aromatic heterocycles. The first-order valence-electron chi connectivity index (χ1n) is 21.6. The van der Waals surface area contributed by atoms with Crippen LogP contribution in [-0.2, 0) is 41.7 Å². The molecule has 4 fully saturated rings. The number of carbonyl (C=O) groups excluding carboxylic acids is 3. The maximum Gasteiger partial charge on any atom is 0.419 e. The number of halogens is 4. The molecule has 0 bridgehead atoms. The lowest BCUT2D eigenvalue weighted by Gasteiger charge is -2.44. The van der Waals surface area contributed by atoms with E-state index in [1.54, 1.807) is 0 Å². The Hall–Kier alpha value is -5.89. The number of carbonyl (C=O) groups is 3. The van der Waals surface area contributed by atoms with E-state index in [1.807, 2.05) is 102 Å². The van der Waals surface area contributed by atoms with Gasteiger partial charge in [-0.15, -0.1) is 0 Å². The highest BCUT2D eigenvalue weighted by Gasteiger charge is 2.52. The number of nitrogens with zero attached hydrogens (tertiary/aromatic N) is 3. The van der Waals surface area contributed by atoms with Gasteiger partial charge in [0.05, 0.1) is 29.0 Å². The van der Waals surface area contributed by atoms with Crippen molar-refractivity contribution in [2.24, 2.45) is 0 Å². The molecule has 4 aliphatic heterocycles. The molecular formula is C50H52F4N6O3. The van der Waals surface area contributed by atoms with Gasteiger partial charge in [-0.05, 0) is 79.2 Å². The number of alkyl halides is 3. The second-order valence-electron chi connectivity index (χ2n) is 16.9. The van der Waals surface area contributed by atoms with Crippen molar-refractivity contribution < 1.29 is 31.9 Å². The van der Waals surface area contributed by atoms with Crippen molar-refractivity contribution in [3.05, 3.63) is 179 Å². The van der Waals surface area contributed by atoms with Gasteiger partial charge in [-0.2, -0.15) is 13.2 Å². The van der Waals surface area contributed by atoms with Crippen molar-refractivity contribution in [3.63, 3.8) is 0 Å². The standard InChI is InChI=1S/C29H27F4N3O2.C21H25N3O/c30-24-18-22(11-12-23(24)29(31,32)33)26(37)35-15-13-28(14-16-35)34-25(17-20-7-3-1-4-8-20)27(38)36(28)19-21-9-5-2-6-10-21;25-20-19(15-17-7-3-1-4-8-17)23-21(11-13-22-14-12-21)24(20)16-18-9-5-2-6-10-18/h1-12,18,25,34H,13-17,19H2;1-10,19,22-23H,11-16H2/t25-;19-/m00/s1. The van der Waals surface area contributed by atoms with Crippen molar-refractivity contribution >= 4 is 17.7 Å². The van der Waals surface area contributed by atoms with Crippen LogP contribution in [0.15, 0.2) is 140 Å².